The SMILES string of the molecule is O=c1[nH]nc(Cl)c2cc(NCc3ccccc3C(F)(F)F)ccc12. The molecule has 0 spiro atoms. The summed E-state index contributed by atoms with van der Waals surface area (Å²) in [6.45, 7) is -0.0184. The molecule has 0 radical (unpaired) electrons. The molecule has 124 valence electrons. The third kappa shape index (κ3) is 3.21. The van der Waals surface area contributed by atoms with E-state index in [0.717, 1.165) is 6.07 Å². The van der Waals surface area contributed by atoms with E-state index in [1.54, 1.807) is 24.3 Å². The maximum absolute atomic E-state index is 13.0. The number of hydrogen-bond donors (Lipinski definition) is 2. The second-order valence-electron chi connectivity index (χ2n) is 5.11. The van der Waals surface area contributed by atoms with Gasteiger partial charge in [-0.25, -0.2) is 5.10 Å². The van der Waals surface area contributed by atoms with Crippen LogP contribution in [0.4, 0.5) is 18.9 Å². The fourth-order valence-corrected chi connectivity index (χ4v) is 2.59. The molecule has 2 N–H and O–H groups in total. The minimum absolute atomic E-state index is 0.0184. The van der Waals surface area contributed by atoms with Gasteiger partial charge in [0.25, 0.3) is 5.56 Å². The highest BCUT2D eigenvalue weighted by molar-refractivity contribution is 6.34. The summed E-state index contributed by atoms with van der Waals surface area (Å²) in [6.07, 6.45) is -4.41. The second kappa shape index (κ2) is 6.16. The van der Waals surface area contributed by atoms with Crippen molar-refractivity contribution >= 4 is 28.1 Å². The van der Waals surface area contributed by atoms with Crippen molar-refractivity contribution in [3.63, 3.8) is 0 Å². The van der Waals surface area contributed by atoms with E-state index in [2.05, 4.69) is 15.5 Å². The summed E-state index contributed by atoms with van der Waals surface area (Å²) in [4.78, 5) is 11.7. The molecule has 0 aliphatic heterocycles. The highest BCUT2D eigenvalue weighted by atomic mass is 35.5. The molecule has 2 aromatic carbocycles. The summed E-state index contributed by atoms with van der Waals surface area (Å²) in [5.74, 6) is 0. The van der Waals surface area contributed by atoms with Crippen LogP contribution in [0.15, 0.2) is 47.3 Å². The van der Waals surface area contributed by atoms with E-state index >= 15 is 0 Å². The first-order valence-corrected chi connectivity index (χ1v) is 7.31. The molecule has 0 saturated carbocycles. The number of rotatable bonds is 3. The fourth-order valence-electron chi connectivity index (χ4n) is 2.39. The highest BCUT2D eigenvalue weighted by Gasteiger charge is 2.32. The molecule has 3 aromatic rings. The quantitative estimate of drug-likeness (QED) is 0.741. The molecule has 8 heteroatoms. The lowest BCUT2D eigenvalue weighted by atomic mass is 10.1. The number of halogens is 4. The zero-order valence-corrected chi connectivity index (χ0v) is 12.9. The van der Waals surface area contributed by atoms with Gasteiger partial charge in [-0.05, 0) is 29.8 Å². The van der Waals surface area contributed by atoms with Gasteiger partial charge >= 0.3 is 6.18 Å². The van der Waals surface area contributed by atoms with Crippen LogP contribution < -0.4 is 10.9 Å². The van der Waals surface area contributed by atoms with Crippen molar-refractivity contribution in [3.05, 3.63) is 69.1 Å². The third-order valence-corrected chi connectivity index (χ3v) is 3.84. The number of aromatic nitrogens is 2. The molecule has 4 nitrogen and oxygen atoms in total. The molecule has 0 aliphatic rings. The lowest BCUT2D eigenvalue weighted by Gasteiger charge is -2.14. The Kier molecular flexibility index (Phi) is 4.19. The van der Waals surface area contributed by atoms with Crippen LogP contribution in [0.5, 0.6) is 0 Å². The van der Waals surface area contributed by atoms with Gasteiger partial charge in [0, 0.05) is 17.6 Å². The normalized spacial score (nSPS) is 11.7. The van der Waals surface area contributed by atoms with Gasteiger partial charge in [0.2, 0.25) is 0 Å². The minimum Gasteiger partial charge on any atom is -0.381 e. The molecule has 0 aliphatic carbocycles. The van der Waals surface area contributed by atoms with Crippen LogP contribution in [0.25, 0.3) is 10.8 Å². The van der Waals surface area contributed by atoms with Gasteiger partial charge in [-0.1, -0.05) is 29.8 Å². The average molecular weight is 354 g/mol. The molecule has 0 atom stereocenters. The van der Waals surface area contributed by atoms with Crippen molar-refractivity contribution in [2.45, 2.75) is 12.7 Å². The van der Waals surface area contributed by atoms with Crippen molar-refractivity contribution in [2.75, 3.05) is 5.32 Å². The lowest BCUT2D eigenvalue weighted by molar-refractivity contribution is -0.138. The number of nitrogens with zero attached hydrogens (tertiary/aromatic N) is 1. The third-order valence-electron chi connectivity index (χ3n) is 3.55. The molecule has 3 rings (SSSR count). The zero-order valence-electron chi connectivity index (χ0n) is 12.1. The Morgan fingerprint density at radius 2 is 1.88 bits per heavy atom. The van der Waals surface area contributed by atoms with E-state index < -0.39 is 11.7 Å². The summed E-state index contributed by atoms with van der Waals surface area (Å²) in [6, 6.07) is 10.1. The number of H-pyrrole nitrogens is 1. The average Bonchev–Trinajstić information content (AvgIpc) is 2.56. The smallest absolute Gasteiger partial charge is 0.381 e. The van der Waals surface area contributed by atoms with Crippen molar-refractivity contribution < 1.29 is 13.2 Å². The Bertz CT molecular complexity index is 953. The van der Waals surface area contributed by atoms with Gasteiger partial charge < -0.3 is 5.32 Å². The van der Waals surface area contributed by atoms with Crippen LogP contribution in [0.3, 0.4) is 0 Å². The Labute approximate surface area is 139 Å². The first kappa shape index (κ1) is 16.3. The summed E-state index contributed by atoms with van der Waals surface area (Å²) in [7, 11) is 0. The predicted molar refractivity (Wildman–Crippen MR) is 86.1 cm³/mol. The van der Waals surface area contributed by atoms with Crippen LogP contribution in [0.1, 0.15) is 11.1 Å². The lowest BCUT2D eigenvalue weighted by Crippen LogP contribution is -2.12. The van der Waals surface area contributed by atoms with Crippen LogP contribution in [-0.2, 0) is 12.7 Å². The Balaban J connectivity index is 1.90. The van der Waals surface area contributed by atoms with E-state index in [9.17, 15) is 18.0 Å². The van der Waals surface area contributed by atoms with E-state index in [1.165, 1.54) is 12.1 Å². The van der Waals surface area contributed by atoms with Crippen molar-refractivity contribution in [2.24, 2.45) is 0 Å². The number of benzene rings is 2. The van der Waals surface area contributed by atoms with Crippen LogP contribution >= 0.6 is 11.6 Å². The standard InChI is InChI=1S/C16H11ClF3N3O/c17-14-12-7-10(5-6-11(12)15(24)23-22-14)21-8-9-3-1-2-4-13(9)16(18,19)20/h1-7,21H,8H2,(H,23,24). The number of hydrogen-bond acceptors (Lipinski definition) is 3. The summed E-state index contributed by atoms with van der Waals surface area (Å²) < 4.78 is 39.0. The number of fused-ring (bicyclic) bond motifs is 1. The topological polar surface area (TPSA) is 57.8 Å². The van der Waals surface area contributed by atoms with E-state index in [-0.39, 0.29) is 22.8 Å². The van der Waals surface area contributed by atoms with Crippen molar-refractivity contribution in [1.82, 2.24) is 10.2 Å². The van der Waals surface area contributed by atoms with E-state index in [0.29, 0.717) is 16.5 Å². The first-order valence-electron chi connectivity index (χ1n) is 6.93. The van der Waals surface area contributed by atoms with Crippen molar-refractivity contribution in [1.29, 1.82) is 0 Å². The number of anilines is 1. The van der Waals surface area contributed by atoms with Crippen LogP contribution in [-0.4, -0.2) is 10.2 Å². The molecule has 0 fully saturated rings. The second-order valence-corrected chi connectivity index (χ2v) is 5.47. The maximum Gasteiger partial charge on any atom is 0.416 e. The van der Waals surface area contributed by atoms with Gasteiger partial charge in [0.15, 0.2) is 5.15 Å². The summed E-state index contributed by atoms with van der Waals surface area (Å²) in [5, 5.41) is 9.74. The van der Waals surface area contributed by atoms with Gasteiger partial charge in [0.05, 0.1) is 10.9 Å². The monoisotopic (exact) mass is 353 g/mol. The molecule has 0 unspecified atom stereocenters. The van der Waals surface area contributed by atoms with Gasteiger partial charge in [-0.2, -0.15) is 18.3 Å². The summed E-state index contributed by atoms with van der Waals surface area (Å²) in [5.41, 5.74) is -0.410. The molecule has 1 aromatic heterocycles. The molecule has 0 bridgehead atoms. The number of nitrogens with one attached hydrogen (secondary N) is 2. The largest absolute Gasteiger partial charge is 0.416 e. The minimum atomic E-state index is -4.41. The molecule has 0 amide bonds. The Morgan fingerprint density at radius 1 is 1.12 bits per heavy atom. The van der Waals surface area contributed by atoms with Crippen LogP contribution in [0, 0.1) is 0 Å². The molecular weight excluding hydrogens is 343 g/mol. The maximum atomic E-state index is 13.0. The van der Waals surface area contributed by atoms with Gasteiger partial charge in [-0.15, -0.1) is 0 Å². The number of alkyl halides is 3. The molecule has 1 heterocycles. The molecule has 24 heavy (non-hydrogen) atoms. The van der Waals surface area contributed by atoms with E-state index in [4.69, 9.17) is 11.6 Å². The molecule has 0 saturated heterocycles. The summed E-state index contributed by atoms with van der Waals surface area (Å²) >= 11 is 5.95. The fraction of sp³-hybridized carbons (Fsp3) is 0.125. The zero-order chi connectivity index (χ0) is 17.3. The van der Waals surface area contributed by atoms with E-state index in [1.807, 2.05) is 0 Å². The molecular formula is C16H11ClF3N3O. The first-order chi connectivity index (χ1) is 11.4. The van der Waals surface area contributed by atoms with Crippen LogP contribution in [0.2, 0.25) is 5.15 Å². The van der Waals surface area contributed by atoms with Crippen molar-refractivity contribution in [3.8, 4) is 0 Å². The predicted octanol–water partition coefficient (Wildman–Crippen LogP) is 4.21. The Hall–Kier alpha value is -2.54. The Morgan fingerprint density at radius 3 is 2.62 bits per heavy atom. The highest BCUT2D eigenvalue weighted by Crippen LogP contribution is 2.32. The van der Waals surface area contributed by atoms with Gasteiger partial charge in [-0.3, -0.25) is 4.79 Å². The van der Waals surface area contributed by atoms with Gasteiger partial charge in [0.1, 0.15) is 0 Å². The number of aromatic amines is 1.